The molecule has 1 atom stereocenters. The van der Waals surface area contributed by atoms with Crippen molar-refractivity contribution >= 4 is 28.2 Å². The fourth-order valence-corrected chi connectivity index (χ4v) is 2.84. The summed E-state index contributed by atoms with van der Waals surface area (Å²) >= 11 is 1.32. The van der Waals surface area contributed by atoms with E-state index >= 15 is 0 Å². The van der Waals surface area contributed by atoms with Crippen molar-refractivity contribution in [1.29, 1.82) is 0 Å². The number of piperazine rings is 1. The maximum Gasteiger partial charge on any atom is 0.243 e. The highest BCUT2D eigenvalue weighted by atomic mass is 32.1. The van der Waals surface area contributed by atoms with Gasteiger partial charge in [-0.2, -0.15) is 0 Å². The van der Waals surface area contributed by atoms with Crippen LogP contribution in [0.5, 0.6) is 0 Å². The van der Waals surface area contributed by atoms with Crippen molar-refractivity contribution in [1.82, 2.24) is 25.1 Å². The number of rotatable bonds is 4. The third kappa shape index (κ3) is 3.37. The van der Waals surface area contributed by atoms with Crippen LogP contribution < -0.4 is 10.2 Å². The zero-order valence-corrected chi connectivity index (χ0v) is 13.0. The molecule has 3 heterocycles. The third-order valence-electron chi connectivity index (χ3n) is 3.71. The van der Waals surface area contributed by atoms with Crippen LogP contribution in [0.2, 0.25) is 0 Å². The molecule has 0 aromatic carbocycles. The molecule has 0 bridgehead atoms. The largest absolute Gasteiger partial charge is 0.353 e. The lowest BCUT2D eigenvalue weighted by Crippen LogP contribution is -2.53. The Hall–Kier alpha value is -2.13. The normalized spacial score (nSPS) is 17.2. The van der Waals surface area contributed by atoms with E-state index < -0.39 is 0 Å². The lowest BCUT2D eigenvalue weighted by molar-refractivity contribution is -0.120. The summed E-state index contributed by atoms with van der Waals surface area (Å²) in [5, 5.41) is 10.9. The Balaban J connectivity index is 1.53. The molecular weight excluding hydrogens is 302 g/mol. The number of nitrogens with one attached hydrogen (secondary N) is 1. The average Bonchev–Trinajstić information content (AvgIpc) is 3.08. The molecule has 1 aliphatic heterocycles. The average molecular weight is 319 g/mol. The number of hydrogen-bond donors (Lipinski definition) is 1. The summed E-state index contributed by atoms with van der Waals surface area (Å²) in [5.74, 6) is 0.831. The van der Waals surface area contributed by atoms with E-state index in [4.69, 9.17) is 0 Å². The van der Waals surface area contributed by atoms with Crippen molar-refractivity contribution < 1.29 is 4.79 Å². The van der Waals surface area contributed by atoms with Crippen molar-refractivity contribution in [3.8, 4) is 0 Å². The molecule has 2 aromatic heterocycles. The summed E-state index contributed by atoms with van der Waals surface area (Å²) in [4.78, 5) is 24.9. The second-order valence-electron chi connectivity index (χ2n) is 5.00. The van der Waals surface area contributed by atoms with Gasteiger partial charge in [-0.3, -0.25) is 20.0 Å². The van der Waals surface area contributed by atoms with Gasteiger partial charge in [0, 0.05) is 38.6 Å². The zero-order valence-electron chi connectivity index (χ0n) is 12.2. The maximum absolute atomic E-state index is 12.2. The van der Waals surface area contributed by atoms with Gasteiger partial charge in [0.2, 0.25) is 11.0 Å². The van der Waals surface area contributed by atoms with Crippen molar-refractivity contribution in [2.75, 3.05) is 36.4 Å². The second-order valence-corrected chi connectivity index (χ2v) is 5.83. The van der Waals surface area contributed by atoms with Crippen LogP contribution in [0.4, 0.5) is 10.9 Å². The van der Waals surface area contributed by atoms with Crippen LogP contribution in [0.3, 0.4) is 0 Å². The number of carbonyl (C=O) groups excluding carboxylic acids is 1. The Bertz CT molecular complexity index is 598. The van der Waals surface area contributed by atoms with Crippen molar-refractivity contribution in [3.05, 3.63) is 24.1 Å². The molecule has 22 heavy (non-hydrogen) atoms. The van der Waals surface area contributed by atoms with Gasteiger partial charge in [0.25, 0.3) is 0 Å². The number of anilines is 2. The Labute approximate surface area is 132 Å². The van der Waals surface area contributed by atoms with Crippen molar-refractivity contribution in [3.63, 3.8) is 0 Å². The summed E-state index contributed by atoms with van der Waals surface area (Å²) < 4.78 is 0. The predicted octanol–water partition coefficient (Wildman–Crippen LogP) is 0.477. The van der Waals surface area contributed by atoms with E-state index in [9.17, 15) is 4.79 Å². The van der Waals surface area contributed by atoms with E-state index in [1.807, 2.05) is 6.92 Å². The highest BCUT2D eigenvalue weighted by Gasteiger charge is 2.26. The molecule has 0 saturated carbocycles. The smallest absolute Gasteiger partial charge is 0.243 e. The number of carbonyl (C=O) groups is 1. The minimum absolute atomic E-state index is 0.0512. The molecule has 1 amide bonds. The third-order valence-corrected chi connectivity index (χ3v) is 4.31. The van der Waals surface area contributed by atoms with Gasteiger partial charge in [-0.05, 0) is 6.92 Å². The van der Waals surface area contributed by atoms with Crippen LogP contribution in [0, 0.1) is 0 Å². The van der Waals surface area contributed by atoms with E-state index in [0.29, 0.717) is 5.13 Å². The summed E-state index contributed by atoms with van der Waals surface area (Å²) in [7, 11) is 0. The number of hydrogen-bond acceptors (Lipinski definition) is 8. The van der Waals surface area contributed by atoms with Crippen LogP contribution in [0.15, 0.2) is 24.1 Å². The molecule has 1 aliphatic rings. The fraction of sp³-hybridized carbons (Fsp3) is 0.462. The molecule has 1 N–H and O–H groups in total. The highest BCUT2D eigenvalue weighted by Crippen LogP contribution is 2.15. The zero-order chi connectivity index (χ0) is 15.4. The molecule has 1 saturated heterocycles. The first-order chi connectivity index (χ1) is 10.7. The quantitative estimate of drug-likeness (QED) is 0.877. The molecule has 0 radical (unpaired) electrons. The summed E-state index contributed by atoms with van der Waals surface area (Å²) in [5.41, 5.74) is 1.60. The van der Waals surface area contributed by atoms with Crippen LogP contribution in [0.1, 0.15) is 6.92 Å². The SMILES string of the molecule is C[C@@H](C(=O)Nc1nncs1)N1CCN(c2cnccn2)CC1. The van der Waals surface area contributed by atoms with Crippen LogP contribution >= 0.6 is 11.3 Å². The van der Waals surface area contributed by atoms with E-state index in [1.54, 1.807) is 24.1 Å². The molecule has 0 unspecified atom stereocenters. The fourth-order valence-electron chi connectivity index (χ4n) is 2.40. The van der Waals surface area contributed by atoms with Gasteiger partial charge in [-0.25, -0.2) is 4.98 Å². The van der Waals surface area contributed by atoms with Gasteiger partial charge in [-0.1, -0.05) is 11.3 Å². The Morgan fingerprint density at radius 2 is 2.14 bits per heavy atom. The van der Waals surface area contributed by atoms with Gasteiger partial charge >= 0.3 is 0 Å². The summed E-state index contributed by atoms with van der Waals surface area (Å²) in [6.07, 6.45) is 5.13. The number of amides is 1. The van der Waals surface area contributed by atoms with Gasteiger partial charge in [0.05, 0.1) is 12.2 Å². The molecular formula is C13H17N7OS. The van der Waals surface area contributed by atoms with Crippen molar-refractivity contribution in [2.24, 2.45) is 0 Å². The van der Waals surface area contributed by atoms with Gasteiger partial charge in [-0.15, -0.1) is 10.2 Å². The van der Waals surface area contributed by atoms with Gasteiger partial charge in [0.15, 0.2) is 0 Å². The Morgan fingerprint density at radius 1 is 1.32 bits per heavy atom. The van der Waals surface area contributed by atoms with E-state index in [0.717, 1.165) is 32.0 Å². The monoisotopic (exact) mass is 319 g/mol. The lowest BCUT2D eigenvalue weighted by Gasteiger charge is -2.37. The summed E-state index contributed by atoms with van der Waals surface area (Å²) in [6.45, 7) is 5.18. The van der Waals surface area contributed by atoms with Gasteiger partial charge in [0.1, 0.15) is 11.3 Å². The second kappa shape index (κ2) is 6.75. The van der Waals surface area contributed by atoms with Crippen LogP contribution in [-0.2, 0) is 4.79 Å². The molecule has 0 aliphatic carbocycles. The lowest BCUT2D eigenvalue weighted by atomic mass is 10.2. The van der Waals surface area contributed by atoms with E-state index in [1.165, 1.54) is 11.3 Å². The predicted molar refractivity (Wildman–Crippen MR) is 83.8 cm³/mol. The molecule has 9 heteroatoms. The molecule has 1 fully saturated rings. The molecule has 8 nitrogen and oxygen atoms in total. The molecule has 116 valence electrons. The highest BCUT2D eigenvalue weighted by molar-refractivity contribution is 7.13. The Kier molecular flexibility index (Phi) is 4.54. The minimum Gasteiger partial charge on any atom is -0.353 e. The molecule has 0 spiro atoms. The molecule has 3 rings (SSSR count). The number of nitrogens with zero attached hydrogens (tertiary/aromatic N) is 6. The van der Waals surface area contributed by atoms with E-state index in [2.05, 4.69) is 35.3 Å². The maximum atomic E-state index is 12.2. The summed E-state index contributed by atoms with van der Waals surface area (Å²) in [6, 6.07) is -0.201. The van der Waals surface area contributed by atoms with Crippen LogP contribution in [-0.4, -0.2) is 63.2 Å². The van der Waals surface area contributed by atoms with Crippen LogP contribution in [0.25, 0.3) is 0 Å². The topological polar surface area (TPSA) is 87.1 Å². The first kappa shape index (κ1) is 14.8. The Morgan fingerprint density at radius 3 is 2.77 bits per heavy atom. The molecule has 2 aromatic rings. The standard InChI is InChI=1S/C13H17N7OS/c1-10(12(21)17-13-18-16-9-22-13)19-4-6-20(7-5-19)11-8-14-2-3-15-11/h2-3,8-10H,4-7H2,1H3,(H,17,18,21)/t10-/m0/s1. The number of aromatic nitrogens is 4. The van der Waals surface area contributed by atoms with E-state index in [-0.39, 0.29) is 11.9 Å². The minimum atomic E-state index is -0.201. The first-order valence-electron chi connectivity index (χ1n) is 7.06. The van der Waals surface area contributed by atoms with Gasteiger partial charge < -0.3 is 4.90 Å². The van der Waals surface area contributed by atoms with Crippen molar-refractivity contribution in [2.45, 2.75) is 13.0 Å². The first-order valence-corrected chi connectivity index (χ1v) is 7.94.